The van der Waals surface area contributed by atoms with Gasteiger partial charge in [-0.3, -0.25) is 4.90 Å². The summed E-state index contributed by atoms with van der Waals surface area (Å²) >= 11 is 0. The first-order chi connectivity index (χ1) is 19.9. The summed E-state index contributed by atoms with van der Waals surface area (Å²) < 4.78 is 37.6. The first kappa shape index (κ1) is 30.6. The van der Waals surface area contributed by atoms with E-state index >= 15 is 0 Å². The highest BCUT2D eigenvalue weighted by molar-refractivity contribution is 5.98. The molecule has 0 saturated carbocycles. The maximum atomic E-state index is 11.7. The number of aromatic carboxylic acids is 1. The molecule has 2 aromatic carbocycles. The molecule has 0 radical (unpaired) electrons. The van der Waals surface area contributed by atoms with E-state index in [1.807, 2.05) is 32.0 Å². The number of para-hydroxylation sites is 1. The molecule has 0 atom stereocenters. The summed E-state index contributed by atoms with van der Waals surface area (Å²) in [5.74, 6) is -2.67. The lowest BCUT2D eigenvalue weighted by Crippen LogP contribution is -2.21. The van der Waals surface area contributed by atoms with Crippen LogP contribution in [0.4, 0.5) is 13.2 Å². The van der Waals surface area contributed by atoms with E-state index in [0.717, 1.165) is 64.4 Å². The second kappa shape index (κ2) is 12.6. The number of pyridine rings is 1. The molecule has 222 valence electrons. The normalized spacial score (nSPS) is 13.7. The van der Waals surface area contributed by atoms with E-state index in [4.69, 9.17) is 14.6 Å². The monoisotopic (exact) mass is 583 g/mol. The lowest BCUT2D eigenvalue weighted by molar-refractivity contribution is -0.192. The molecule has 3 heterocycles. The van der Waals surface area contributed by atoms with Crippen LogP contribution in [0, 0.1) is 0 Å². The van der Waals surface area contributed by atoms with E-state index in [1.165, 1.54) is 18.4 Å². The van der Waals surface area contributed by atoms with Crippen molar-refractivity contribution in [1.29, 1.82) is 0 Å². The van der Waals surface area contributed by atoms with Crippen LogP contribution in [0.3, 0.4) is 0 Å². The van der Waals surface area contributed by atoms with Gasteiger partial charge in [0.15, 0.2) is 0 Å². The molecule has 0 spiro atoms. The van der Waals surface area contributed by atoms with Crippen LogP contribution < -0.4 is 4.74 Å². The van der Waals surface area contributed by atoms with Crippen molar-refractivity contribution in [3.8, 4) is 28.1 Å². The molecule has 5 rings (SSSR count). The van der Waals surface area contributed by atoms with Gasteiger partial charge in [0.05, 0.1) is 18.4 Å². The topological polar surface area (TPSA) is 116 Å². The quantitative estimate of drug-likeness (QED) is 0.215. The number of aromatic nitrogens is 2. The number of hydrogen-bond donors (Lipinski definition) is 3. The second-order valence-electron chi connectivity index (χ2n) is 10.3. The van der Waals surface area contributed by atoms with Crippen molar-refractivity contribution in [3.05, 3.63) is 71.4 Å². The number of carbonyl (C=O) groups is 2. The molecule has 0 bridgehead atoms. The zero-order valence-electron chi connectivity index (χ0n) is 23.5. The smallest absolute Gasteiger partial charge is 0.490 e. The van der Waals surface area contributed by atoms with E-state index in [9.17, 15) is 23.1 Å². The number of hydrogen-bond acceptors (Lipinski definition) is 5. The third-order valence-corrected chi connectivity index (χ3v) is 7.17. The van der Waals surface area contributed by atoms with Crippen LogP contribution in [0.15, 0.2) is 54.7 Å². The van der Waals surface area contributed by atoms with Crippen LogP contribution in [-0.2, 0) is 11.3 Å². The Hall–Kier alpha value is -4.38. The molecule has 3 N–H and O–H groups in total. The number of H-pyrrole nitrogens is 1. The number of carboxylic acid groups (broad SMARTS) is 2. The standard InChI is InChI=1S/C29H31N3O3.C2HF3O2/c1-18(2)24-15-19(9-10-22(24)29(33)34)21-11-12-30-28-25(21)16-26(31-28)23-8-6-7-20(27(23)35-3)17-32-13-4-5-14-32;3-2(4,5)1(6)7/h6-12,15-16,18H,4-5,13-14,17H2,1-3H3,(H,30,31)(H,33,34);(H,6,7). The zero-order valence-corrected chi connectivity index (χ0v) is 23.5. The summed E-state index contributed by atoms with van der Waals surface area (Å²) in [6.45, 7) is 7.18. The number of nitrogens with zero attached hydrogens (tertiary/aromatic N) is 2. The van der Waals surface area contributed by atoms with Crippen molar-refractivity contribution in [2.24, 2.45) is 0 Å². The number of nitrogens with one attached hydrogen (secondary N) is 1. The summed E-state index contributed by atoms with van der Waals surface area (Å²) in [5, 5.41) is 17.7. The SMILES string of the molecule is COc1c(CN2CCCC2)cccc1-c1cc2c(-c3ccc(C(=O)O)c(C(C)C)c3)ccnc2[nH]1.O=C(O)C(F)(F)F. The van der Waals surface area contributed by atoms with Crippen LogP contribution >= 0.6 is 0 Å². The van der Waals surface area contributed by atoms with Crippen LogP contribution in [-0.4, -0.2) is 63.4 Å². The first-order valence-electron chi connectivity index (χ1n) is 13.4. The van der Waals surface area contributed by atoms with Crippen LogP contribution in [0.25, 0.3) is 33.4 Å². The molecule has 4 aromatic rings. The van der Waals surface area contributed by atoms with Crippen molar-refractivity contribution in [1.82, 2.24) is 14.9 Å². The van der Waals surface area contributed by atoms with Gasteiger partial charge in [-0.15, -0.1) is 0 Å². The molecule has 2 aromatic heterocycles. The third kappa shape index (κ3) is 6.73. The average molecular weight is 584 g/mol. The minimum Gasteiger partial charge on any atom is -0.496 e. The Morgan fingerprint density at radius 1 is 1.05 bits per heavy atom. The van der Waals surface area contributed by atoms with E-state index < -0.39 is 18.1 Å². The number of aliphatic carboxylic acids is 1. The van der Waals surface area contributed by atoms with Gasteiger partial charge in [-0.05, 0) is 72.8 Å². The predicted molar refractivity (Wildman–Crippen MR) is 153 cm³/mol. The number of likely N-dealkylation sites (tertiary alicyclic amines) is 1. The van der Waals surface area contributed by atoms with Crippen molar-refractivity contribution in [3.63, 3.8) is 0 Å². The van der Waals surface area contributed by atoms with Gasteiger partial charge >= 0.3 is 18.1 Å². The van der Waals surface area contributed by atoms with E-state index in [2.05, 4.69) is 39.1 Å². The minimum atomic E-state index is -5.08. The average Bonchev–Trinajstić information content (AvgIpc) is 3.62. The van der Waals surface area contributed by atoms with E-state index in [-0.39, 0.29) is 5.92 Å². The molecule has 42 heavy (non-hydrogen) atoms. The van der Waals surface area contributed by atoms with E-state index in [1.54, 1.807) is 19.4 Å². The van der Waals surface area contributed by atoms with E-state index in [0.29, 0.717) is 5.56 Å². The number of ether oxygens (including phenoxy) is 1. The molecule has 1 saturated heterocycles. The fourth-order valence-corrected chi connectivity index (χ4v) is 5.17. The number of benzene rings is 2. The minimum absolute atomic E-state index is 0.0998. The van der Waals surface area contributed by atoms with Crippen LogP contribution in [0.5, 0.6) is 5.75 Å². The largest absolute Gasteiger partial charge is 0.496 e. The Balaban J connectivity index is 0.000000517. The highest BCUT2D eigenvalue weighted by atomic mass is 19.4. The van der Waals surface area contributed by atoms with Crippen molar-refractivity contribution in [2.45, 2.75) is 45.3 Å². The Bertz CT molecular complexity index is 1590. The maximum absolute atomic E-state index is 11.7. The number of fused-ring (bicyclic) bond motifs is 1. The summed E-state index contributed by atoms with van der Waals surface area (Å²) in [7, 11) is 1.73. The van der Waals surface area contributed by atoms with Gasteiger partial charge in [-0.1, -0.05) is 38.1 Å². The fourth-order valence-electron chi connectivity index (χ4n) is 5.17. The molecule has 1 fully saturated rings. The van der Waals surface area contributed by atoms with Gasteiger partial charge in [0.2, 0.25) is 0 Å². The van der Waals surface area contributed by atoms with Crippen molar-refractivity contribution < 1.29 is 37.7 Å². The Morgan fingerprint density at radius 2 is 1.74 bits per heavy atom. The van der Waals surface area contributed by atoms with Crippen LogP contribution in [0.1, 0.15) is 54.1 Å². The zero-order chi connectivity index (χ0) is 30.6. The number of methoxy groups -OCH3 is 1. The van der Waals surface area contributed by atoms with Gasteiger partial charge < -0.3 is 19.9 Å². The molecular weight excluding hydrogens is 551 g/mol. The summed E-state index contributed by atoms with van der Waals surface area (Å²) in [6, 6.07) is 16.0. The highest BCUT2D eigenvalue weighted by Gasteiger charge is 2.38. The van der Waals surface area contributed by atoms with Crippen molar-refractivity contribution in [2.75, 3.05) is 20.2 Å². The number of alkyl halides is 3. The molecule has 11 heteroatoms. The highest BCUT2D eigenvalue weighted by Crippen LogP contribution is 2.38. The number of carboxylic acids is 2. The van der Waals surface area contributed by atoms with Gasteiger partial charge in [-0.2, -0.15) is 13.2 Å². The number of halogens is 3. The number of aromatic amines is 1. The molecule has 8 nitrogen and oxygen atoms in total. The number of rotatable bonds is 7. The second-order valence-corrected chi connectivity index (χ2v) is 10.3. The van der Waals surface area contributed by atoms with Crippen molar-refractivity contribution >= 4 is 23.0 Å². The fraction of sp³-hybridized carbons (Fsp3) is 0.323. The van der Waals surface area contributed by atoms with Gasteiger partial charge in [-0.25, -0.2) is 14.6 Å². The summed E-state index contributed by atoms with van der Waals surface area (Å²) in [6.07, 6.45) is -0.784. The molecule has 0 aliphatic carbocycles. The Labute approximate surface area is 240 Å². The van der Waals surface area contributed by atoms with Gasteiger partial charge in [0.25, 0.3) is 0 Å². The Morgan fingerprint density at radius 3 is 2.33 bits per heavy atom. The van der Waals surface area contributed by atoms with Gasteiger partial charge in [0, 0.05) is 29.3 Å². The lowest BCUT2D eigenvalue weighted by atomic mass is 9.92. The summed E-state index contributed by atoms with van der Waals surface area (Å²) in [4.78, 5) is 31.1. The predicted octanol–water partition coefficient (Wildman–Crippen LogP) is 6.96. The van der Waals surface area contributed by atoms with Crippen LogP contribution in [0.2, 0.25) is 0 Å². The molecule has 1 aliphatic rings. The first-order valence-corrected chi connectivity index (χ1v) is 13.4. The molecule has 1 aliphatic heterocycles. The lowest BCUT2D eigenvalue weighted by Gasteiger charge is -2.18. The molecule has 0 amide bonds. The Kier molecular flexibility index (Phi) is 9.20. The maximum Gasteiger partial charge on any atom is 0.490 e. The third-order valence-electron chi connectivity index (χ3n) is 7.17. The molecular formula is C31H32F3N3O5. The van der Waals surface area contributed by atoms with Gasteiger partial charge in [0.1, 0.15) is 11.4 Å². The summed E-state index contributed by atoms with van der Waals surface area (Å²) in [5.41, 5.74) is 7.11. The molecule has 0 unspecified atom stereocenters.